The summed E-state index contributed by atoms with van der Waals surface area (Å²) in [5, 5.41) is 11.2. The molecule has 3 aromatic rings. The molecule has 1 N–H and O–H groups in total. The molecule has 1 aliphatic rings. The number of hydrogen-bond donors (Lipinski definition) is 1. The van der Waals surface area contributed by atoms with Crippen molar-refractivity contribution in [2.75, 3.05) is 26.0 Å². The number of halogens is 1. The van der Waals surface area contributed by atoms with Crippen molar-refractivity contribution in [1.82, 2.24) is 19.9 Å². The van der Waals surface area contributed by atoms with E-state index >= 15 is 0 Å². The van der Waals surface area contributed by atoms with Crippen LogP contribution in [0.3, 0.4) is 0 Å². The third-order valence-electron chi connectivity index (χ3n) is 5.02. The van der Waals surface area contributed by atoms with E-state index < -0.39 is 0 Å². The third kappa shape index (κ3) is 4.77. The molecule has 4 rings (SSSR count). The van der Waals surface area contributed by atoms with Gasteiger partial charge in [-0.1, -0.05) is 27.2 Å². The minimum absolute atomic E-state index is 0.106. The lowest BCUT2D eigenvalue weighted by Gasteiger charge is -2.16. The molecule has 0 aliphatic heterocycles. The predicted octanol–water partition coefficient (Wildman–Crippen LogP) is 3.63. The Morgan fingerprint density at radius 2 is 1.97 bits per heavy atom. The lowest BCUT2D eigenvalue weighted by Crippen LogP contribution is -2.35. The fourth-order valence-corrected chi connectivity index (χ4v) is 3.57. The lowest BCUT2D eigenvalue weighted by molar-refractivity contribution is -0.116. The van der Waals surface area contributed by atoms with Crippen LogP contribution in [0.25, 0.3) is 5.69 Å². The van der Waals surface area contributed by atoms with Gasteiger partial charge in [-0.3, -0.25) is 9.59 Å². The molecule has 0 saturated heterocycles. The molecule has 2 amide bonds. The first-order chi connectivity index (χ1) is 15.0. The van der Waals surface area contributed by atoms with E-state index in [0.29, 0.717) is 17.1 Å². The summed E-state index contributed by atoms with van der Waals surface area (Å²) in [5.74, 6) is 0.251. The van der Waals surface area contributed by atoms with Gasteiger partial charge >= 0.3 is 0 Å². The zero-order chi connectivity index (χ0) is 22.0. The van der Waals surface area contributed by atoms with Gasteiger partial charge in [0, 0.05) is 29.2 Å². The predicted molar refractivity (Wildman–Crippen MR) is 120 cm³/mol. The Morgan fingerprint density at radius 1 is 1.23 bits per heavy atom. The van der Waals surface area contributed by atoms with E-state index in [2.05, 4.69) is 31.6 Å². The molecule has 1 fully saturated rings. The van der Waals surface area contributed by atoms with E-state index in [1.54, 1.807) is 43.1 Å². The first-order valence-corrected chi connectivity index (χ1v) is 10.7. The van der Waals surface area contributed by atoms with Crippen molar-refractivity contribution in [3.8, 4) is 11.4 Å². The highest BCUT2D eigenvalue weighted by atomic mass is 79.9. The van der Waals surface area contributed by atoms with Crippen LogP contribution in [0.4, 0.5) is 5.69 Å². The summed E-state index contributed by atoms with van der Waals surface area (Å²) in [6, 6.07) is 14.7. The Bertz CT molecular complexity index is 1110. The molecule has 1 aliphatic carbocycles. The monoisotopic (exact) mass is 483 g/mol. The number of ether oxygens (including phenoxy) is 1. The highest BCUT2D eigenvalue weighted by molar-refractivity contribution is 9.10. The molecule has 0 spiro atoms. The highest BCUT2D eigenvalue weighted by Gasteiger charge is 2.35. The van der Waals surface area contributed by atoms with Crippen molar-refractivity contribution in [2.45, 2.75) is 18.8 Å². The molecule has 0 bridgehead atoms. The van der Waals surface area contributed by atoms with Gasteiger partial charge in [-0.25, -0.2) is 4.68 Å². The maximum Gasteiger partial charge on any atom is 0.276 e. The number of methoxy groups -OCH3 is 1. The minimum atomic E-state index is -0.328. The largest absolute Gasteiger partial charge is 0.497 e. The maximum atomic E-state index is 13.1. The number of nitrogens with zero attached hydrogens (tertiary/aromatic N) is 4. The molecule has 0 atom stereocenters. The normalized spacial score (nSPS) is 13.0. The van der Waals surface area contributed by atoms with Crippen LogP contribution in [0.2, 0.25) is 0 Å². The summed E-state index contributed by atoms with van der Waals surface area (Å²) in [6.07, 6.45) is 1.98. The molecule has 8 nitrogen and oxygen atoms in total. The number of amides is 2. The van der Waals surface area contributed by atoms with E-state index in [1.165, 1.54) is 4.90 Å². The SMILES string of the molecule is COc1cccc(NC(=O)CN(C)C(=O)c2nnn(-c3ccc(Br)cc3)c2C2CC2)c1. The van der Waals surface area contributed by atoms with Crippen molar-refractivity contribution in [3.63, 3.8) is 0 Å². The highest BCUT2D eigenvalue weighted by Crippen LogP contribution is 2.42. The summed E-state index contributed by atoms with van der Waals surface area (Å²) in [7, 11) is 3.15. The zero-order valence-corrected chi connectivity index (χ0v) is 18.8. The van der Waals surface area contributed by atoms with Gasteiger partial charge in [0.2, 0.25) is 5.91 Å². The molecule has 1 heterocycles. The second-order valence-electron chi connectivity index (χ2n) is 7.43. The summed E-state index contributed by atoms with van der Waals surface area (Å²) < 4.78 is 7.85. The number of nitrogens with one attached hydrogen (secondary N) is 1. The average molecular weight is 484 g/mol. The van der Waals surface area contributed by atoms with Crippen molar-refractivity contribution in [1.29, 1.82) is 0 Å². The second kappa shape index (κ2) is 8.89. The number of hydrogen-bond acceptors (Lipinski definition) is 5. The molecule has 31 heavy (non-hydrogen) atoms. The quantitative estimate of drug-likeness (QED) is 0.554. The Labute approximate surface area is 188 Å². The van der Waals surface area contributed by atoms with Crippen LogP contribution in [0.15, 0.2) is 53.0 Å². The van der Waals surface area contributed by atoms with E-state index in [-0.39, 0.29) is 24.3 Å². The van der Waals surface area contributed by atoms with Crippen molar-refractivity contribution < 1.29 is 14.3 Å². The van der Waals surface area contributed by atoms with Crippen molar-refractivity contribution in [2.24, 2.45) is 0 Å². The molecule has 0 radical (unpaired) electrons. The first-order valence-electron chi connectivity index (χ1n) is 9.87. The maximum absolute atomic E-state index is 13.1. The van der Waals surface area contributed by atoms with Gasteiger partial charge < -0.3 is 15.0 Å². The van der Waals surface area contributed by atoms with Crippen LogP contribution in [-0.2, 0) is 4.79 Å². The lowest BCUT2D eigenvalue weighted by atomic mass is 10.2. The van der Waals surface area contributed by atoms with Gasteiger partial charge in [0.25, 0.3) is 5.91 Å². The smallest absolute Gasteiger partial charge is 0.276 e. The van der Waals surface area contributed by atoms with Crippen LogP contribution in [0, 0.1) is 0 Å². The van der Waals surface area contributed by atoms with Crippen molar-refractivity contribution >= 4 is 33.4 Å². The molecular formula is C22H22BrN5O3. The zero-order valence-electron chi connectivity index (χ0n) is 17.2. The van der Waals surface area contributed by atoms with E-state index in [4.69, 9.17) is 4.74 Å². The van der Waals surface area contributed by atoms with E-state index in [9.17, 15) is 9.59 Å². The van der Waals surface area contributed by atoms with Gasteiger partial charge in [-0.05, 0) is 49.2 Å². The van der Waals surface area contributed by atoms with Gasteiger partial charge in [0.1, 0.15) is 5.75 Å². The topological polar surface area (TPSA) is 89.3 Å². The van der Waals surface area contributed by atoms with Crippen LogP contribution < -0.4 is 10.1 Å². The number of aromatic nitrogens is 3. The summed E-state index contributed by atoms with van der Waals surface area (Å²) in [4.78, 5) is 26.9. The fourth-order valence-electron chi connectivity index (χ4n) is 3.31. The number of anilines is 1. The summed E-state index contributed by atoms with van der Waals surface area (Å²) in [6.45, 7) is -0.106. The molecule has 160 valence electrons. The molecule has 0 unspecified atom stereocenters. The Morgan fingerprint density at radius 3 is 2.65 bits per heavy atom. The standard InChI is InChI=1S/C22H22BrN5O3/c1-27(13-19(29)24-16-4-3-5-18(12-16)31-2)22(30)20-21(14-6-7-14)28(26-25-20)17-10-8-15(23)9-11-17/h3-5,8-12,14H,6-7,13H2,1-2H3,(H,24,29). The van der Waals surface area contributed by atoms with Crippen molar-refractivity contribution in [3.05, 3.63) is 64.4 Å². The molecule has 2 aromatic carbocycles. The number of rotatable bonds is 7. The van der Waals surface area contributed by atoms with Crippen LogP contribution in [0.5, 0.6) is 5.75 Å². The molecule has 1 saturated carbocycles. The van der Waals surface area contributed by atoms with Crippen LogP contribution in [0.1, 0.15) is 34.9 Å². The Hall–Kier alpha value is -3.20. The Kier molecular flexibility index (Phi) is 6.03. The van der Waals surface area contributed by atoms with Gasteiger partial charge in [0.05, 0.1) is 25.0 Å². The number of benzene rings is 2. The minimum Gasteiger partial charge on any atom is -0.497 e. The molecule has 1 aromatic heterocycles. The van der Waals surface area contributed by atoms with E-state index in [0.717, 1.165) is 28.7 Å². The van der Waals surface area contributed by atoms with Crippen LogP contribution >= 0.6 is 15.9 Å². The van der Waals surface area contributed by atoms with Crippen LogP contribution in [-0.4, -0.2) is 52.4 Å². The van der Waals surface area contributed by atoms with Gasteiger partial charge in [-0.15, -0.1) is 5.10 Å². The summed E-state index contributed by atoms with van der Waals surface area (Å²) >= 11 is 3.43. The van der Waals surface area contributed by atoms with E-state index in [1.807, 2.05) is 24.3 Å². The summed E-state index contributed by atoms with van der Waals surface area (Å²) in [5.41, 5.74) is 2.54. The first kappa shape index (κ1) is 21.0. The second-order valence-corrected chi connectivity index (χ2v) is 8.34. The molecule has 9 heteroatoms. The molecular weight excluding hydrogens is 462 g/mol. The van der Waals surface area contributed by atoms with Gasteiger partial charge in [-0.2, -0.15) is 0 Å². The number of likely N-dealkylation sites (N-methyl/N-ethyl adjacent to an activating group) is 1. The third-order valence-corrected chi connectivity index (χ3v) is 5.55. The van der Waals surface area contributed by atoms with Gasteiger partial charge in [0.15, 0.2) is 5.69 Å². The number of carbonyl (C=O) groups excluding carboxylic acids is 2. The average Bonchev–Trinajstić information content (AvgIpc) is 3.51. The number of carbonyl (C=O) groups is 2. The fraction of sp³-hybridized carbons (Fsp3) is 0.273. The Balaban J connectivity index is 1.49.